The summed E-state index contributed by atoms with van der Waals surface area (Å²) in [5, 5.41) is 5.99. The summed E-state index contributed by atoms with van der Waals surface area (Å²) in [5.74, 6) is 0.341. The van der Waals surface area contributed by atoms with E-state index in [4.69, 9.17) is 9.47 Å². The SMILES string of the molecule is COc1ccccc1N1CCC(NC(=O)[C@H]2NCCO[C@@H]2C)C1=O.Cl. The van der Waals surface area contributed by atoms with Gasteiger partial charge in [0.1, 0.15) is 17.8 Å². The second kappa shape index (κ2) is 8.51. The number of hydrogen-bond acceptors (Lipinski definition) is 5. The van der Waals surface area contributed by atoms with Gasteiger partial charge in [-0.25, -0.2) is 0 Å². The van der Waals surface area contributed by atoms with Crippen LogP contribution in [0.1, 0.15) is 13.3 Å². The average molecular weight is 370 g/mol. The van der Waals surface area contributed by atoms with E-state index in [1.54, 1.807) is 12.0 Å². The van der Waals surface area contributed by atoms with E-state index in [0.717, 1.165) is 5.69 Å². The Hall–Kier alpha value is -1.83. The molecule has 0 aromatic heterocycles. The fraction of sp³-hybridized carbons (Fsp3) is 0.529. The maximum absolute atomic E-state index is 12.7. The number of amides is 2. The molecule has 2 aliphatic heterocycles. The third-order valence-electron chi connectivity index (χ3n) is 4.50. The van der Waals surface area contributed by atoms with Crippen molar-refractivity contribution in [1.29, 1.82) is 0 Å². The van der Waals surface area contributed by atoms with Gasteiger partial charge >= 0.3 is 0 Å². The Morgan fingerprint density at radius 2 is 2.16 bits per heavy atom. The van der Waals surface area contributed by atoms with E-state index in [2.05, 4.69) is 10.6 Å². The van der Waals surface area contributed by atoms with Gasteiger partial charge in [-0.15, -0.1) is 12.4 Å². The van der Waals surface area contributed by atoms with Crippen LogP contribution in [0.5, 0.6) is 5.75 Å². The number of morpholine rings is 1. The van der Waals surface area contributed by atoms with Crippen LogP contribution in [0.4, 0.5) is 5.69 Å². The Bertz CT molecular complexity index is 628. The predicted octanol–water partition coefficient (Wildman–Crippen LogP) is 0.715. The highest BCUT2D eigenvalue weighted by Crippen LogP contribution is 2.31. The zero-order valence-electron chi connectivity index (χ0n) is 14.4. The molecule has 2 aliphatic rings. The molecule has 138 valence electrons. The van der Waals surface area contributed by atoms with Crippen LogP contribution in [-0.4, -0.2) is 56.8 Å². The summed E-state index contributed by atoms with van der Waals surface area (Å²) in [6.07, 6.45) is 0.366. The quantitative estimate of drug-likeness (QED) is 0.817. The van der Waals surface area contributed by atoms with Crippen LogP contribution in [0.2, 0.25) is 0 Å². The fourth-order valence-electron chi connectivity index (χ4n) is 3.19. The van der Waals surface area contributed by atoms with E-state index >= 15 is 0 Å². The smallest absolute Gasteiger partial charge is 0.249 e. The number of anilines is 1. The normalized spacial score (nSPS) is 26.1. The summed E-state index contributed by atoms with van der Waals surface area (Å²) >= 11 is 0. The molecule has 0 aliphatic carbocycles. The van der Waals surface area contributed by atoms with Gasteiger partial charge in [-0.1, -0.05) is 12.1 Å². The lowest BCUT2D eigenvalue weighted by Crippen LogP contribution is -2.57. The van der Waals surface area contributed by atoms with Crippen molar-refractivity contribution in [2.45, 2.75) is 31.5 Å². The topological polar surface area (TPSA) is 79.9 Å². The number of nitrogens with zero attached hydrogens (tertiary/aromatic N) is 1. The van der Waals surface area contributed by atoms with Crippen LogP contribution >= 0.6 is 12.4 Å². The van der Waals surface area contributed by atoms with Crippen LogP contribution in [0.15, 0.2) is 24.3 Å². The minimum absolute atomic E-state index is 0. The molecule has 2 heterocycles. The summed E-state index contributed by atoms with van der Waals surface area (Å²) in [6.45, 7) is 3.63. The van der Waals surface area contributed by atoms with Gasteiger partial charge in [0.15, 0.2) is 0 Å². The van der Waals surface area contributed by atoms with Gasteiger partial charge in [-0.2, -0.15) is 0 Å². The number of hydrogen-bond donors (Lipinski definition) is 2. The lowest BCUT2D eigenvalue weighted by Gasteiger charge is -2.30. The molecular formula is C17H24ClN3O4. The Morgan fingerprint density at radius 3 is 2.88 bits per heavy atom. The van der Waals surface area contributed by atoms with Crippen molar-refractivity contribution < 1.29 is 19.1 Å². The third-order valence-corrected chi connectivity index (χ3v) is 4.50. The first-order valence-electron chi connectivity index (χ1n) is 8.21. The van der Waals surface area contributed by atoms with Crippen molar-refractivity contribution >= 4 is 29.9 Å². The molecule has 2 amide bonds. The van der Waals surface area contributed by atoms with Crippen molar-refractivity contribution in [3.8, 4) is 5.75 Å². The number of benzene rings is 1. The molecule has 8 heteroatoms. The maximum atomic E-state index is 12.7. The molecule has 1 aromatic carbocycles. The number of methoxy groups -OCH3 is 1. The lowest BCUT2D eigenvalue weighted by atomic mass is 10.1. The molecule has 0 saturated carbocycles. The average Bonchev–Trinajstić information content (AvgIpc) is 2.95. The van der Waals surface area contributed by atoms with Gasteiger partial charge in [0.05, 0.1) is 25.5 Å². The fourth-order valence-corrected chi connectivity index (χ4v) is 3.19. The molecule has 0 radical (unpaired) electrons. The van der Waals surface area contributed by atoms with E-state index in [1.807, 2.05) is 31.2 Å². The maximum Gasteiger partial charge on any atom is 0.249 e. The molecule has 7 nitrogen and oxygen atoms in total. The van der Waals surface area contributed by atoms with Crippen molar-refractivity contribution in [2.75, 3.05) is 31.7 Å². The van der Waals surface area contributed by atoms with Gasteiger partial charge < -0.3 is 25.0 Å². The molecule has 2 fully saturated rings. The number of rotatable bonds is 4. The van der Waals surface area contributed by atoms with Crippen molar-refractivity contribution in [3.05, 3.63) is 24.3 Å². The van der Waals surface area contributed by atoms with Crippen LogP contribution in [0.25, 0.3) is 0 Å². The lowest BCUT2D eigenvalue weighted by molar-refractivity contribution is -0.132. The van der Waals surface area contributed by atoms with E-state index in [9.17, 15) is 9.59 Å². The molecule has 2 N–H and O–H groups in total. The van der Waals surface area contributed by atoms with Crippen molar-refractivity contribution in [2.24, 2.45) is 0 Å². The zero-order valence-corrected chi connectivity index (χ0v) is 15.2. The van der Waals surface area contributed by atoms with Crippen LogP contribution in [0, 0.1) is 0 Å². The van der Waals surface area contributed by atoms with Crippen LogP contribution < -0.4 is 20.3 Å². The Labute approximate surface area is 153 Å². The largest absolute Gasteiger partial charge is 0.495 e. The van der Waals surface area contributed by atoms with Crippen molar-refractivity contribution in [1.82, 2.24) is 10.6 Å². The summed E-state index contributed by atoms with van der Waals surface area (Å²) in [5.41, 5.74) is 0.731. The van der Waals surface area contributed by atoms with E-state index < -0.39 is 12.1 Å². The summed E-state index contributed by atoms with van der Waals surface area (Å²) in [6, 6.07) is 6.45. The molecular weight excluding hydrogens is 346 g/mol. The number of nitrogens with one attached hydrogen (secondary N) is 2. The number of carbonyl (C=O) groups excluding carboxylic acids is 2. The van der Waals surface area contributed by atoms with Gasteiger partial charge in [0.25, 0.3) is 0 Å². The first-order chi connectivity index (χ1) is 11.6. The highest BCUT2D eigenvalue weighted by molar-refractivity contribution is 6.02. The van der Waals surface area contributed by atoms with Gasteiger partial charge in [-0.05, 0) is 25.5 Å². The Morgan fingerprint density at radius 1 is 1.40 bits per heavy atom. The molecule has 1 unspecified atom stereocenters. The first kappa shape index (κ1) is 19.5. The van der Waals surface area contributed by atoms with E-state index in [0.29, 0.717) is 31.9 Å². The third kappa shape index (κ3) is 4.05. The van der Waals surface area contributed by atoms with Crippen LogP contribution in [-0.2, 0) is 14.3 Å². The van der Waals surface area contributed by atoms with Gasteiger partial charge in [0.2, 0.25) is 11.8 Å². The standard InChI is InChI=1S/C17H23N3O4.ClH/c1-11-15(18-8-10-24-11)16(21)19-12-7-9-20(17(12)22)13-5-3-4-6-14(13)23-2;/h3-6,11-12,15,18H,7-10H2,1-2H3,(H,19,21);1H/t11-,12?,15+;/m1./s1. The Kier molecular flexibility index (Phi) is 6.64. The van der Waals surface area contributed by atoms with Gasteiger partial charge in [0, 0.05) is 13.1 Å². The number of carbonyl (C=O) groups is 2. The molecule has 3 atom stereocenters. The number of ether oxygens (including phenoxy) is 2. The van der Waals surface area contributed by atoms with E-state index in [1.165, 1.54) is 0 Å². The van der Waals surface area contributed by atoms with Crippen molar-refractivity contribution in [3.63, 3.8) is 0 Å². The minimum atomic E-state index is -0.515. The number of para-hydroxylation sites is 2. The summed E-state index contributed by atoms with van der Waals surface area (Å²) in [7, 11) is 1.58. The Balaban J connectivity index is 0.00000225. The predicted molar refractivity (Wildman–Crippen MR) is 96.3 cm³/mol. The first-order valence-corrected chi connectivity index (χ1v) is 8.21. The highest BCUT2D eigenvalue weighted by Gasteiger charge is 2.37. The van der Waals surface area contributed by atoms with Gasteiger partial charge in [-0.3, -0.25) is 9.59 Å². The summed E-state index contributed by atoms with van der Waals surface area (Å²) in [4.78, 5) is 26.8. The molecule has 2 saturated heterocycles. The molecule has 1 aromatic rings. The van der Waals surface area contributed by atoms with Crippen LogP contribution in [0.3, 0.4) is 0 Å². The second-order valence-electron chi connectivity index (χ2n) is 6.02. The molecule has 0 spiro atoms. The molecule has 3 rings (SSSR count). The molecule has 25 heavy (non-hydrogen) atoms. The zero-order chi connectivity index (χ0) is 17.1. The molecule has 0 bridgehead atoms. The second-order valence-corrected chi connectivity index (χ2v) is 6.02. The minimum Gasteiger partial charge on any atom is -0.495 e. The monoisotopic (exact) mass is 369 g/mol. The van der Waals surface area contributed by atoms with E-state index in [-0.39, 0.29) is 30.3 Å². The summed E-state index contributed by atoms with van der Waals surface area (Å²) < 4.78 is 10.8. The highest BCUT2D eigenvalue weighted by atomic mass is 35.5. The number of halogens is 1.